The summed E-state index contributed by atoms with van der Waals surface area (Å²) in [5, 5.41) is 5.60. The van der Waals surface area contributed by atoms with E-state index in [4.69, 9.17) is 0 Å². The van der Waals surface area contributed by atoms with Gasteiger partial charge < -0.3 is 4.98 Å². The Balaban J connectivity index is 1.87. The van der Waals surface area contributed by atoms with Crippen LogP contribution >= 0.6 is 11.9 Å². The maximum atomic E-state index is 4.39. The molecule has 1 unspecified atom stereocenters. The molecule has 1 N–H and O–H groups in total. The van der Waals surface area contributed by atoms with Gasteiger partial charge in [0.25, 0.3) is 0 Å². The number of hydrogen-bond donors (Lipinski definition) is 1. The predicted molar refractivity (Wildman–Crippen MR) is 77.3 cm³/mol. The third-order valence-corrected chi connectivity index (χ3v) is 4.11. The SMILES string of the molecule is c1ccc2c(c1)SN=NC2c1cc2ccccc2[nH]1. The van der Waals surface area contributed by atoms with Gasteiger partial charge in [0.2, 0.25) is 0 Å². The van der Waals surface area contributed by atoms with Crippen LogP contribution in [-0.4, -0.2) is 4.98 Å². The molecular weight excluding hydrogens is 254 g/mol. The van der Waals surface area contributed by atoms with Crippen molar-refractivity contribution in [3.05, 3.63) is 65.9 Å². The van der Waals surface area contributed by atoms with Crippen molar-refractivity contribution in [2.24, 2.45) is 9.63 Å². The topological polar surface area (TPSA) is 40.5 Å². The molecule has 0 saturated heterocycles. The highest BCUT2D eigenvalue weighted by Gasteiger charge is 2.22. The molecule has 2 aromatic carbocycles. The highest BCUT2D eigenvalue weighted by atomic mass is 32.2. The second-order valence-corrected chi connectivity index (χ2v) is 5.33. The number of fused-ring (bicyclic) bond motifs is 2. The lowest BCUT2D eigenvalue weighted by atomic mass is 10.0. The molecule has 0 amide bonds. The van der Waals surface area contributed by atoms with Crippen LogP contribution in [0.5, 0.6) is 0 Å². The normalized spacial score (nSPS) is 17.6. The Morgan fingerprint density at radius 2 is 1.84 bits per heavy atom. The van der Waals surface area contributed by atoms with E-state index in [2.05, 4.69) is 51.0 Å². The number of benzene rings is 2. The van der Waals surface area contributed by atoms with Gasteiger partial charge in [-0.25, -0.2) is 0 Å². The van der Waals surface area contributed by atoms with Crippen LogP contribution in [0.3, 0.4) is 0 Å². The summed E-state index contributed by atoms with van der Waals surface area (Å²) < 4.78 is 4.17. The van der Waals surface area contributed by atoms with Crippen LogP contribution in [0.4, 0.5) is 0 Å². The van der Waals surface area contributed by atoms with E-state index >= 15 is 0 Å². The highest BCUT2D eigenvalue weighted by Crippen LogP contribution is 2.39. The van der Waals surface area contributed by atoms with Crippen molar-refractivity contribution in [1.29, 1.82) is 0 Å². The Bertz CT molecular complexity index is 743. The Morgan fingerprint density at radius 3 is 2.79 bits per heavy atom. The summed E-state index contributed by atoms with van der Waals surface area (Å²) in [6.07, 6.45) is 0. The van der Waals surface area contributed by atoms with E-state index in [0.29, 0.717) is 0 Å². The number of H-pyrrole nitrogens is 1. The Hall–Kier alpha value is -2.07. The number of nitrogens with one attached hydrogen (secondary N) is 1. The van der Waals surface area contributed by atoms with Crippen molar-refractivity contribution < 1.29 is 0 Å². The average Bonchev–Trinajstić information content (AvgIpc) is 2.90. The molecule has 4 heteroatoms. The molecule has 0 radical (unpaired) electrons. The third-order valence-electron chi connectivity index (χ3n) is 3.36. The first-order valence-electron chi connectivity index (χ1n) is 6.15. The monoisotopic (exact) mass is 265 g/mol. The molecule has 1 atom stereocenters. The van der Waals surface area contributed by atoms with Crippen molar-refractivity contribution in [2.75, 3.05) is 0 Å². The summed E-state index contributed by atoms with van der Waals surface area (Å²) in [4.78, 5) is 4.62. The lowest BCUT2D eigenvalue weighted by Crippen LogP contribution is -2.01. The second-order valence-electron chi connectivity index (χ2n) is 4.54. The third kappa shape index (κ3) is 1.76. The van der Waals surface area contributed by atoms with Gasteiger partial charge in [-0.2, -0.15) is 5.11 Å². The van der Waals surface area contributed by atoms with E-state index in [1.807, 2.05) is 18.2 Å². The maximum absolute atomic E-state index is 4.39. The molecule has 1 aliphatic heterocycles. The molecule has 3 aromatic rings. The minimum atomic E-state index is -0.0233. The summed E-state index contributed by atoms with van der Waals surface area (Å²) in [7, 11) is 0. The number of rotatable bonds is 1. The van der Waals surface area contributed by atoms with Crippen molar-refractivity contribution in [3.63, 3.8) is 0 Å². The number of para-hydroxylation sites is 1. The molecule has 92 valence electrons. The van der Waals surface area contributed by atoms with E-state index in [1.165, 1.54) is 27.8 Å². The van der Waals surface area contributed by atoms with Crippen LogP contribution in [0, 0.1) is 0 Å². The zero-order valence-corrected chi connectivity index (χ0v) is 10.9. The summed E-state index contributed by atoms with van der Waals surface area (Å²) in [5.74, 6) is 0. The highest BCUT2D eigenvalue weighted by molar-refractivity contribution is 7.98. The van der Waals surface area contributed by atoms with Gasteiger partial charge in [-0.15, -0.1) is 4.52 Å². The smallest absolute Gasteiger partial charge is 0.138 e. The predicted octanol–water partition coefficient (Wildman–Crippen LogP) is 4.73. The van der Waals surface area contributed by atoms with Gasteiger partial charge in [-0.3, -0.25) is 0 Å². The van der Waals surface area contributed by atoms with Crippen LogP contribution in [0.1, 0.15) is 17.3 Å². The number of aromatic nitrogens is 1. The molecule has 0 bridgehead atoms. The summed E-state index contributed by atoms with van der Waals surface area (Å²) in [6.45, 7) is 0. The van der Waals surface area contributed by atoms with Crippen LogP contribution in [-0.2, 0) is 0 Å². The molecule has 4 rings (SSSR count). The summed E-state index contributed by atoms with van der Waals surface area (Å²) >= 11 is 1.44. The van der Waals surface area contributed by atoms with Gasteiger partial charge in [0.15, 0.2) is 0 Å². The zero-order chi connectivity index (χ0) is 12.7. The molecular formula is C15H11N3S. The van der Waals surface area contributed by atoms with E-state index < -0.39 is 0 Å². The van der Waals surface area contributed by atoms with Gasteiger partial charge in [-0.05, 0) is 29.1 Å². The van der Waals surface area contributed by atoms with E-state index in [0.717, 1.165) is 11.2 Å². The van der Waals surface area contributed by atoms with E-state index in [-0.39, 0.29) is 6.04 Å². The van der Waals surface area contributed by atoms with Gasteiger partial charge in [-0.1, -0.05) is 36.4 Å². The molecule has 3 nitrogen and oxygen atoms in total. The molecule has 1 aliphatic rings. The first-order valence-corrected chi connectivity index (χ1v) is 6.93. The number of hydrogen-bond acceptors (Lipinski definition) is 3. The van der Waals surface area contributed by atoms with Gasteiger partial charge in [0, 0.05) is 28.1 Å². The lowest BCUT2D eigenvalue weighted by molar-refractivity contribution is 0.772. The second kappa shape index (κ2) is 4.24. The van der Waals surface area contributed by atoms with Crippen molar-refractivity contribution >= 4 is 22.9 Å². The Labute approximate surface area is 114 Å². The summed E-state index contributed by atoms with van der Waals surface area (Å²) in [5.41, 5.74) is 3.45. The van der Waals surface area contributed by atoms with E-state index in [9.17, 15) is 0 Å². The molecule has 2 heterocycles. The standard InChI is InChI=1S/C15H11N3S/c1-3-7-12-10(5-1)9-13(16-12)15-11-6-2-4-8-14(11)19-18-17-15/h1-9,15-16H. The molecule has 1 aromatic heterocycles. The van der Waals surface area contributed by atoms with Gasteiger partial charge >= 0.3 is 0 Å². The number of nitrogens with zero attached hydrogens (tertiary/aromatic N) is 2. The van der Waals surface area contributed by atoms with Crippen molar-refractivity contribution in [3.8, 4) is 0 Å². The van der Waals surface area contributed by atoms with Crippen LogP contribution in [0.25, 0.3) is 10.9 Å². The maximum Gasteiger partial charge on any atom is 0.138 e. The van der Waals surface area contributed by atoms with Gasteiger partial charge in [0.1, 0.15) is 6.04 Å². The van der Waals surface area contributed by atoms with Crippen molar-refractivity contribution in [2.45, 2.75) is 10.9 Å². The average molecular weight is 265 g/mol. The summed E-state index contributed by atoms with van der Waals surface area (Å²) in [6, 6.07) is 18.7. The fraction of sp³-hybridized carbons (Fsp3) is 0.0667. The van der Waals surface area contributed by atoms with Crippen LogP contribution < -0.4 is 0 Å². The lowest BCUT2D eigenvalue weighted by Gasteiger charge is -2.16. The molecule has 0 saturated carbocycles. The van der Waals surface area contributed by atoms with Crippen molar-refractivity contribution in [1.82, 2.24) is 4.98 Å². The Kier molecular flexibility index (Phi) is 2.42. The quantitative estimate of drug-likeness (QED) is 0.635. The Morgan fingerprint density at radius 1 is 1.00 bits per heavy atom. The minimum absolute atomic E-state index is 0.0233. The fourth-order valence-corrected chi connectivity index (χ4v) is 3.09. The molecule has 0 spiro atoms. The minimum Gasteiger partial charge on any atom is -0.356 e. The zero-order valence-electron chi connectivity index (χ0n) is 10.1. The van der Waals surface area contributed by atoms with Gasteiger partial charge in [0.05, 0.1) is 0 Å². The number of aromatic amines is 1. The molecule has 19 heavy (non-hydrogen) atoms. The van der Waals surface area contributed by atoms with E-state index in [1.54, 1.807) is 0 Å². The fourth-order valence-electron chi connectivity index (χ4n) is 2.44. The first kappa shape index (κ1) is 10.8. The first-order chi connectivity index (χ1) is 9.42. The largest absolute Gasteiger partial charge is 0.356 e. The molecule has 0 fully saturated rings. The van der Waals surface area contributed by atoms with Crippen LogP contribution in [0.15, 0.2) is 69.1 Å². The van der Waals surface area contributed by atoms with Crippen LogP contribution in [0.2, 0.25) is 0 Å². The molecule has 0 aliphatic carbocycles.